The number of pyridine rings is 1. The Bertz CT molecular complexity index is 1140. The van der Waals surface area contributed by atoms with Crippen LogP contribution in [0.3, 0.4) is 0 Å². The summed E-state index contributed by atoms with van der Waals surface area (Å²) < 4.78 is 27.2. The Morgan fingerprint density at radius 1 is 1.22 bits per heavy atom. The van der Waals surface area contributed by atoms with E-state index in [2.05, 4.69) is 16.8 Å². The Morgan fingerprint density at radius 2 is 2.00 bits per heavy atom. The molecule has 5 nitrogen and oxygen atoms in total. The molecule has 3 heterocycles. The molecule has 1 aliphatic heterocycles. The molecule has 0 amide bonds. The summed E-state index contributed by atoms with van der Waals surface area (Å²) in [5, 5.41) is 10.0. The second-order valence-electron chi connectivity index (χ2n) is 6.91. The molecular weight excluding hydrogens is 378 g/mol. The van der Waals surface area contributed by atoms with Gasteiger partial charge in [0.05, 0.1) is 22.2 Å². The zero-order valence-corrected chi connectivity index (χ0v) is 16.6. The number of hydrogen-bond donors (Lipinski definition) is 0. The van der Waals surface area contributed by atoms with Crippen LogP contribution in [-0.4, -0.2) is 26.5 Å². The predicted octanol–water partition coefficient (Wildman–Crippen LogP) is 4.24. The predicted molar refractivity (Wildman–Crippen MR) is 107 cm³/mol. The molecule has 1 fully saturated rings. The van der Waals surface area contributed by atoms with Crippen molar-refractivity contribution >= 4 is 37.1 Å². The van der Waals surface area contributed by atoms with Crippen LogP contribution in [0.4, 0.5) is 5.69 Å². The molecule has 1 aromatic carbocycles. The summed E-state index contributed by atoms with van der Waals surface area (Å²) in [5.74, 6) is 0.650. The standard InChI is InChI=1S/C20H19N3O2S2/c1-14-7-10-23(11-8-14)18-17-6-3-9-22-19(17)26-20(18)27(24,25)16-5-2-4-15(12-16)13-21/h2-6,9,12,14H,7-8,10-11H2,1H3. The van der Waals surface area contributed by atoms with Crippen molar-refractivity contribution in [2.75, 3.05) is 18.0 Å². The summed E-state index contributed by atoms with van der Waals surface area (Å²) in [4.78, 5) is 7.45. The first-order valence-corrected chi connectivity index (χ1v) is 11.2. The SMILES string of the molecule is CC1CCN(c2c(S(=O)(=O)c3cccc(C#N)c3)sc3ncccc23)CC1. The normalized spacial score (nSPS) is 15.8. The Morgan fingerprint density at radius 3 is 2.74 bits per heavy atom. The number of hydrogen-bond acceptors (Lipinski definition) is 6. The lowest BCUT2D eigenvalue weighted by molar-refractivity contribution is 0.438. The van der Waals surface area contributed by atoms with Gasteiger partial charge in [-0.25, -0.2) is 13.4 Å². The van der Waals surface area contributed by atoms with Gasteiger partial charge in [0, 0.05) is 24.7 Å². The summed E-state index contributed by atoms with van der Waals surface area (Å²) >= 11 is 1.21. The van der Waals surface area contributed by atoms with Crippen molar-refractivity contribution in [3.63, 3.8) is 0 Å². The van der Waals surface area contributed by atoms with Crippen LogP contribution in [-0.2, 0) is 9.84 Å². The highest BCUT2D eigenvalue weighted by Gasteiger charge is 2.31. The molecule has 0 bridgehead atoms. The number of rotatable bonds is 3. The average Bonchev–Trinajstić information content (AvgIpc) is 3.09. The van der Waals surface area contributed by atoms with E-state index in [1.54, 1.807) is 24.4 Å². The highest BCUT2D eigenvalue weighted by molar-refractivity contribution is 7.93. The first-order chi connectivity index (χ1) is 13.0. The van der Waals surface area contributed by atoms with Crippen LogP contribution in [0.1, 0.15) is 25.3 Å². The quantitative estimate of drug-likeness (QED) is 0.661. The third-order valence-electron chi connectivity index (χ3n) is 5.03. The number of anilines is 1. The van der Waals surface area contributed by atoms with Gasteiger partial charge in [-0.3, -0.25) is 0 Å². The number of benzene rings is 1. The Labute approximate surface area is 162 Å². The molecule has 3 aromatic rings. The Hall–Kier alpha value is -2.43. The summed E-state index contributed by atoms with van der Waals surface area (Å²) in [7, 11) is -3.74. The van der Waals surface area contributed by atoms with Crippen molar-refractivity contribution in [3.05, 3.63) is 48.2 Å². The van der Waals surface area contributed by atoms with E-state index >= 15 is 0 Å². The van der Waals surface area contributed by atoms with Gasteiger partial charge in [0.15, 0.2) is 4.21 Å². The molecule has 0 saturated carbocycles. The van der Waals surface area contributed by atoms with Gasteiger partial charge < -0.3 is 4.90 Å². The van der Waals surface area contributed by atoms with E-state index in [-0.39, 0.29) is 4.90 Å². The topological polar surface area (TPSA) is 74.1 Å². The molecule has 2 aromatic heterocycles. The number of nitrogens with zero attached hydrogens (tertiary/aromatic N) is 3. The molecule has 4 rings (SSSR count). The van der Waals surface area contributed by atoms with Gasteiger partial charge in [0.2, 0.25) is 9.84 Å². The van der Waals surface area contributed by atoms with E-state index in [0.717, 1.165) is 41.8 Å². The molecule has 0 spiro atoms. The van der Waals surface area contributed by atoms with Gasteiger partial charge in [-0.1, -0.05) is 13.0 Å². The van der Waals surface area contributed by atoms with Crippen LogP contribution >= 0.6 is 11.3 Å². The highest BCUT2D eigenvalue weighted by atomic mass is 32.2. The van der Waals surface area contributed by atoms with E-state index in [1.807, 2.05) is 18.2 Å². The van der Waals surface area contributed by atoms with Gasteiger partial charge >= 0.3 is 0 Å². The van der Waals surface area contributed by atoms with Gasteiger partial charge in [-0.05, 0) is 49.1 Å². The first kappa shape index (κ1) is 18.0. The van der Waals surface area contributed by atoms with Crippen LogP contribution in [0.2, 0.25) is 0 Å². The minimum absolute atomic E-state index is 0.153. The molecule has 1 saturated heterocycles. The van der Waals surface area contributed by atoms with Gasteiger partial charge in [0.25, 0.3) is 0 Å². The summed E-state index contributed by atoms with van der Waals surface area (Å²) in [6.07, 6.45) is 3.77. The van der Waals surface area contributed by atoms with Gasteiger partial charge in [0.1, 0.15) is 4.83 Å². The Balaban J connectivity index is 1.90. The molecular formula is C20H19N3O2S2. The maximum atomic E-state index is 13.4. The number of sulfone groups is 1. The molecule has 138 valence electrons. The van der Waals surface area contributed by atoms with E-state index in [1.165, 1.54) is 17.4 Å². The number of nitriles is 1. The molecule has 0 atom stereocenters. The largest absolute Gasteiger partial charge is 0.369 e. The summed E-state index contributed by atoms with van der Waals surface area (Å²) in [6, 6.07) is 12.0. The molecule has 0 N–H and O–H groups in total. The lowest BCUT2D eigenvalue weighted by Crippen LogP contribution is -2.33. The van der Waals surface area contributed by atoms with Crippen molar-refractivity contribution in [3.8, 4) is 6.07 Å². The van der Waals surface area contributed by atoms with Crippen molar-refractivity contribution < 1.29 is 8.42 Å². The van der Waals surface area contributed by atoms with Crippen molar-refractivity contribution in [2.45, 2.75) is 28.9 Å². The third kappa shape index (κ3) is 3.20. The molecule has 0 radical (unpaired) electrons. The molecule has 0 unspecified atom stereocenters. The zero-order valence-electron chi connectivity index (χ0n) is 14.9. The highest BCUT2D eigenvalue weighted by Crippen LogP contribution is 2.43. The second kappa shape index (κ2) is 6.95. The minimum Gasteiger partial charge on any atom is -0.369 e. The van der Waals surface area contributed by atoms with Crippen LogP contribution in [0.25, 0.3) is 10.2 Å². The molecule has 1 aliphatic rings. The van der Waals surface area contributed by atoms with Crippen molar-refractivity contribution in [1.82, 2.24) is 4.98 Å². The molecule has 27 heavy (non-hydrogen) atoms. The van der Waals surface area contributed by atoms with Crippen LogP contribution in [0.5, 0.6) is 0 Å². The van der Waals surface area contributed by atoms with Gasteiger partial charge in [-0.15, -0.1) is 11.3 Å². The number of thiophene rings is 1. The Kier molecular flexibility index (Phi) is 4.62. The summed E-state index contributed by atoms with van der Waals surface area (Å²) in [6.45, 7) is 3.90. The monoisotopic (exact) mass is 397 g/mol. The number of aromatic nitrogens is 1. The summed E-state index contributed by atoms with van der Waals surface area (Å²) in [5.41, 5.74) is 1.10. The maximum Gasteiger partial charge on any atom is 0.218 e. The zero-order chi connectivity index (χ0) is 19.0. The van der Waals surface area contributed by atoms with E-state index in [9.17, 15) is 8.42 Å². The lowest BCUT2D eigenvalue weighted by atomic mass is 9.99. The lowest BCUT2D eigenvalue weighted by Gasteiger charge is -2.32. The van der Waals surface area contributed by atoms with Crippen LogP contribution in [0.15, 0.2) is 51.7 Å². The van der Waals surface area contributed by atoms with Crippen LogP contribution < -0.4 is 4.90 Å². The van der Waals surface area contributed by atoms with Crippen molar-refractivity contribution in [1.29, 1.82) is 5.26 Å². The van der Waals surface area contributed by atoms with Gasteiger partial charge in [-0.2, -0.15) is 5.26 Å². The van der Waals surface area contributed by atoms with E-state index in [0.29, 0.717) is 15.7 Å². The maximum absolute atomic E-state index is 13.4. The second-order valence-corrected chi connectivity index (χ2v) is 10.1. The number of fused-ring (bicyclic) bond motifs is 1. The fraction of sp³-hybridized carbons (Fsp3) is 0.300. The van der Waals surface area contributed by atoms with E-state index < -0.39 is 9.84 Å². The van der Waals surface area contributed by atoms with E-state index in [4.69, 9.17) is 5.26 Å². The minimum atomic E-state index is -3.74. The first-order valence-electron chi connectivity index (χ1n) is 8.88. The fourth-order valence-electron chi connectivity index (χ4n) is 3.45. The molecule has 0 aliphatic carbocycles. The fourth-order valence-corrected chi connectivity index (χ4v) is 6.56. The number of piperidine rings is 1. The third-order valence-corrected chi connectivity index (χ3v) is 8.39. The van der Waals surface area contributed by atoms with Crippen LogP contribution in [0, 0.1) is 17.2 Å². The molecule has 7 heteroatoms. The van der Waals surface area contributed by atoms with Crippen molar-refractivity contribution in [2.24, 2.45) is 5.92 Å². The average molecular weight is 398 g/mol. The smallest absolute Gasteiger partial charge is 0.218 e.